The molecular weight excluding hydrogens is 320 g/mol. The van der Waals surface area contributed by atoms with Crippen LogP contribution in [0.2, 0.25) is 30.0 Å². The lowest BCUT2D eigenvalue weighted by Gasteiger charge is -2.19. The summed E-state index contributed by atoms with van der Waals surface area (Å²) < 4.78 is 5.56. The Hall–Kier alpha value is -0.963. The van der Waals surface area contributed by atoms with Gasteiger partial charge in [0, 0.05) is 14.7 Å². The first kappa shape index (κ1) is 17.1. The van der Waals surface area contributed by atoms with Crippen molar-refractivity contribution in [2.75, 3.05) is 18.2 Å². The molecule has 0 saturated heterocycles. The van der Waals surface area contributed by atoms with Crippen LogP contribution in [0.25, 0.3) is 0 Å². The minimum atomic E-state index is -1.22. The van der Waals surface area contributed by atoms with Crippen LogP contribution in [0.15, 0.2) is 0 Å². The highest BCUT2D eigenvalue weighted by Crippen LogP contribution is 2.29. The van der Waals surface area contributed by atoms with E-state index in [1.165, 1.54) is 0 Å². The molecule has 1 amide bonds. The monoisotopic (exact) mass is 336 g/mol. The van der Waals surface area contributed by atoms with Gasteiger partial charge in [-0.25, -0.2) is 14.7 Å². The summed E-state index contributed by atoms with van der Waals surface area (Å²) in [6.45, 7) is 7.01. The third kappa shape index (κ3) is 5.20. The van der Waals surface area contributed by atoms with E-state index in [9.17, 15) is 9.59 Å². The summed E-state index contributed by atoms with van der Waals surface area (Å²) in [5.41, 5.74) is 0.0417. The van der Waals surface area contributed by atoms with Crippen LogP contribution in [0.4, 0.5) is 9.93 Å². The lowest BCUT2D eigenvalue weighted by molar-refractivity contribution is 0.111. The first-order valence-corrected chi connectivity index (χ1v) is 10.8. The minimum absolute atomic E-state index is 0.0417. The Morgan fingerprint density at radius 3 is 2.65 bits per heavy atom. The molecule has 1 aromatic rings. The summed E-state index contributed by atoms with van der Waals surface area (Å²) in [6.07, 6.45) is -0.699. The molecule has 0 spiro atoms. The Labute approximate surface area is 127 Å². The molecular formula is C11H17ClN2O4SSi. The van der Waals surface area contributed by atoms with Crippen LogP contribution < -0.4 is 4.90 Å². The van der Waals surface area contributed by atoms with Gasteiger partial charge in [0.05, 0.1) is 0 Å². The smallest absolute Gasteiger partial charge is 0.415 e. The van der Waals surface area contributed by atoms with Gasteiger partial charge in [0.1, 0.15) is 16.8 Å². The first-order valence-electron chi connectivity index (χ1n) is 5.94. The van der Waals surface area contributed by atoms with E-state index < -0.39 is 14.2 Å². The minimum Gasteiger partial charge on any atom is -0.465 e. The predicted molar refractivity (Wildman–Crippen MR) is 82.0 cm³/mol. The van der Waals surface area contributed by atoms with Crippen molar-refractivity contribution in [3.05, 3.63) is 10.0 Å². The molecule has 6 nitrogen and oxygen atoms in total. The lowest BCUT2D eigenvalue weighted by Crippen LogP contribution is -2.32. The number of ether oxygens (including phenoxy) is 1. The van der Waals surface area contributed by atoms with Crippen molar-refractivity contribution < 1.29 is 19.4 Å². The van der Waals surface area contributed by atoms with E-state index >= 15 is 0 Å². The summed E-state index contributed by atoms with van der Waals surface area (Å²) in [5.74, 6) is 0. The number of nitrogens with zero attached hydrogens (tertiary/aromatic N) is 2. The van der Waals surface area contributed by atoms with Crippen LogP contribution in [0.5, 0.6) is 0 Å². The van der Waals surface area contributed by atoms with E-state index in [0.29, 0.717) is 12.9 Å². The molecule has 0 aliphatic carbocycles. The second kappa shape index (κ2) is 7.16. The van der Waals surface area contributed by atoms with E-state index in [4.69, 9.17) is 21.4 Å². The molecule has 9 heteroatoms. The van der Waals surface area contributed by atoms with Crippen molar-refractivity contribution in [2.24, 2.45) is 0 Å². The molecule has 0 aliphatic heterocycles. The van der Waals surface area contributed by atoms with Gasteiger partial charge in [-0.2, -0.15) is 0 Å². The largest absolute Gasteiger partial charge is 0.465 e. The highest BCUT2D eigenvalue weighted by Gasteiger charge is 2.21. The zero-order valence-electron chi connectivity index (χ0n) is 11.6. The summed E-state index contributed by atoms with van der Waals surface area (Å²) >= 11 is 6.72. The quantitative estimate of drug-likeness (QED) is 0.357. The van der Waals surface area contributed by atoms with Crippen molar-refractivity contribution >= 4 is 48.5 Å². The fourth-order valence-electron chi connectivity index (χ4n) is 1.22. The maximum atomic E-state index is 11.2. The van der Waals surface area contributed by atoms with Crippen molar-refractivity contribution in [3.63, 3.8) is 0 Å². The fourth-order valence-corrected chi connectivity index (χ4v) is 3.01. The third-order valence-electron chi connectivity index (χ3n) is 2.39. The van der Waals surface area contributed by atoms with E-state index in [1.807, 2.05) is 0 Å². The molecule has 1 aromatic heterocycles. The Morgan fingerprint density at radius 2 is 2.20 bits per heavy atom. The van der Waals surface area contributed by atoms with E-state index in [-0.39, 0.29) is 21.9 Å². The Balaban J connectivity index is 2.65. The van der Waals surface area contributed by atoms with Gasteiger partial charge in [-0.3, -0.25) is 4.79 Å². The van der Waals surface area contributed by atoms with Gasteiger partial charge in [-0.1, -0.05) is 42.6 Å². The van der Waals surface area contributed by atoms with Gasteiger partial charge in [0.25, 0.3) is 0 Å². The van der Waals surface area contributed by atoms with Crippen LogP contribution in [-0.2, 0) is 4.74 Å². The second-order valence-electron chi connectivity index (χ2n) is 5.33. The molecule has 0 aliphatic rings. The Kier molecular flexibility index (Phi) is 6.12. The number of carbonyl (C=O) groups excluding carboxylic acids is 1. The zero-order chi connectivity index (χ0) is 15.3. The average molecular weight is 337 g/mol. The fraction of sp³-hybridized carbons (Fsp3) is 0.545. The van der Waals surface area contributed by atoms with Crippen LogP contribution >= 0.6 is 22.9 Å². The number of hydrogen-bond donors (Lipinski definition) is 1. The molecule has 0 saturated carbocycles. The highest BCUT2D eigenvalue weighted by atomic mass is 35.5. The number of amides is 1. The van der Waals surface area contributed by atoms with E-state index in [1.54, 1.807) is 0 Å². The van der Waals surface area contributed by atoms with Gasteiger partial charge in [-0.15, -0.1) is 0 Å². The maximum absolute atomic E-state index is 11.2. The molecule has 0 bridgehead atoms. The zero-order valence-corrected chi connectivity index (χ0v) is 14.1. The number of hydrogen-bond acceptors (Lipinski definition) is 5. The normalized spacial score (nSPS) is 11.4. The van der Waals surface area contributed by atoms with Gasteiger partial charge >= 0.3 is 6.09 Å². The third-order valence-corrected chi connectivity index (χ3v) is 5.40. The number of carbonyl (C=O) groups is 2. The molecule has 1 N–H and O–H groups in total. The van der Waals surface area contributed by atoms with Gasteiger partial charge in [0.15, 0.2) is 11.4 Å². The molecule has 1 heterocycles. The summed E-state index contributed by atoms with van der Waals surface area (Å²) in [5, 5.41) is 9.29. The molecule has 0 unspecified atom stereocenters. The number of aromatic nitrogens is 1. The number of anilines is 1. The van der Waals surface area contributed by atoms with Crippen LogP contribution in [0, 0.1) is 0 Å². The Morgan fingerprint density at radius 1 is 1.55 bits per heavy atom. The van der Waals surface area contributed by atoms with Crippen LogP contribution in [-0.4, -0.2) is 43.9 Å². The van der Waals surface area contributed by atoms with Crippen molar-refractivity contribution in [2.45, 2.75) is 25.7 Å². The Bertz CT molecular complexity index is 489. The average Bonchev–Trinajstić information content (AvgIpc) is 2.68. The topological polar surface area (TPSA) is 79.7 Å². The molecule has 0 fully saturated rings. The maximum Gasteiger partial charge on any atom is 0.415 e. The van der Waals surface area contributed by atoms with Crippen molar-refractivity contribution in [1.82, 2.24) is 4.98 Å². The molecule has 112 valence electrons. The lowest BCUT2D eigenvalue weighted by atomic mass is 10.6. The number of aldehydes is 1. The van der Waals surface area contributed by atoms with Gasteiger partial charge in [-0.05, 0) is 6.04 Å². The highest BCUT2D eigenvalue weighted by molar-refractivity contribution is 7.20. The number of halogens is 1. The molecule has 1 rings (SSSR count). The second-order valence-corrected chi connectivity index (χ2v) is 12.5. The summed E-state index contributed by atoms with van der Waals surface area (Å²) in [4.78, 5) is 26.7. The van der Waals surface area contributed by atoms with Gasteiger partial charge in [0.2, 0.25) is 0 Å². The first-order chi connectivity index (χ1) is 9.24. The summed E-state index contributed by atoms with van der Waals surface area (Å²) in [6, 6.07) is 0.943. The molecule has 20 heavy (non-hydrogen) atoms. The number of rotatable bonds is 7. The number of carboxylic acid groups (broad SMARTS) is 1. The van der Waals surface area contributed by atoms with Crippen molar-refractivity contribution in [3.8, 4) is 0 Å². The van der Waals surface area contributed by atoms with E-state index in [0.717, 1.165) is 22.3 Å². The summed E-state index contributed by atoms with van der Waals surface area (Å²) in [7, 11) is -1.22. The predicted octanol–water partition coefficient (Wildman–Crippen LogP) is 3.41. The van der Waals surface area contributed by atoms with Gasteiger partial charge < -0.3 is 9.84 Å². The van der Waals surface area contributed by atoms with Crippen LogP contribution in [0.1, 0.15) is 10.5 Å². The van der Waals surface area contributed by atoms with Crippen LogP contribution in [0.3, 0.4) is 0 Å². The SMILES string of the molecule is C[Si](C)(C)CCOCN(C(=O)O)c1nc(C=O)c(Cl)s1. The number of thiazole rings is 1. The standard InChI is InChI=1S/C11H17ClN2O4SSi/c1-20(2,3)5-4-18-7-14(11(16)17)10-13-8(6-15)9(12)19-10/h6H,4-5,7H2,1-3H3,(H,16,17). The molecule has 0 radical (unpaired) electrons. The van der Waals surface area contributed by atoms with E-state index in [2.05, 4.69) is 24.6 Å². The van der Waals surface area contributed by atoms with Crippen molar-refractivity contribution in [1.29, 1.82) is 0 Å². The molecule has 0 aromatic carbocycles. The molecule has 0 atom stereocenters.